The SMILES string of the molecule is CCCNC(CO)(CN(C)c1ccccc1C)C1CC1. The second kappa shape index (κ2) is 6.59. The molecule has 1 unspecified atom stereocenters. The molecule has 2 N–H and O–H groups in total. The third kappa shape index (κ3) is 3.33. The van der Waals surface area contributed by atoms with Gasteiger partial charge < -0.3 is 15.3 Å². The third-order valence-electron chi connectivity index (χ3n) is 4.41. The maximum atomic E-state index is 9.99. The number of aliphatic hydroxyl groups excluding tert-OH is 1. The summed E-state index contributed by atoms with van der Waals surface area (Å²) in [4.78, 5) is 2.28. The molecule has 0 heterocycles. The number of hydrogen-bond donors (Lipinski definition) is 2. The van der Waals surface area contributed by atoms with Gasteiger partial charge >= 0.3 is 0 Å². The van der Waals surface area contributed by atoms with E-state index in [1.807, 2.05) is 0 Å². The monoisotopic (exact) mass is 276 g/mol. The summed E-state index contributed by atoms with van der Waals surface area (Å²) in [6.07, 6.45) is 3.57. The van der Waals surface area contributed by atoms with Crippen LogP contribution in [0.3, 0.4) is 0 Å². The minimum atomic E-state index is -0.146. The van der Waals surface area contributed by atoms with Gasteiger partial charge in [0.25, 0.3) is 0 Å². The summed E-state index contributed by atoms with van der Waals surface area (Å²) in [6.45, 7) is 6.36. The summed E-state index contributed by atoms with van der Waals surface area (Å²) in [7, 11) is 2.13. The molecule has 3 nitrogen and oxygen atoms in total. The number of nitrogens with one attached hydrogen (secondary N) is 1. The average Bonchev–Trinajstić information content (AvgIpc) is 3.29. The van der Waals surface area contributed by atoms with Crippen LogP contribution < -0.4 is 10.2 Å². The molecule has 0 aliphatic heterocycles. The Bertz CT molecular complexity index is 431. The van der Waals surface area contributed by atoms with Crippen molar-refractivity contribution in [3.8, 4) is 0 Å². The van der Waals surface area contributed by atoms with Crippen LogP contribution in [0.15, 0.2) is 24.3 Å². The van der Waals surface area contributed by atoms with Crippen LogP contribution in [0.25, 0.3) is 0 Å². The number of aliphatic hydroxyl groups is 1. The molecule has 0 saturated heterocycles. The predicted molar refractivity (Wildman–Crippen MR) is 85.3 cm³/mol. The molecule has 1 saturated carbocycles. The number of aryl methyl sites for hydroxylation is 1. The van der Waals surface area contributed by atoms with Gasteiger partial charge in [0, 0.05) is 19.3 Å². The summed E-state index contributed by atoms with van der Waals surface area (Å²) < 4.78 is 0. The molecule has 0 bridgehead atoms. The van der Waals surface area contributed by atoms with E-state index in [1.54, 1.807) is 0 Å². The molecule has 1 aliphatic rings. The minimum absolute atomic E-state index is 0.146. The van der Waals surface area contributed by atoms with Crippen LogP contribution in [0.1, 0.15) is 31.7 Å². The van der Waals surface area contributed by atoms with Gasteiger partial charge in [-0.1, -0.05) is 25.1 Å². The van der Waals surface area contributed by atoms with Crippen molar-refractivity contribution >= 4 is 5.69 Å². The van der Waals surface area contributed by atoms with Gasteiger partial charge in [-0.15, -0.1) is 0 Å². The maximum absolute atomic E-state index is 9.99. The molecule has 1 aromatic rings. The molecule has 1 atom stereocenters. The van der Waals surface area contributed by atoms with Gasteiger partial charge in [0.15, 0.2) is 0 Å². The highest BCUT2D eigenvalue weighted by atomic mass is 16.3. The maximum Gasteiger partial charge on any atom is 0.0633 e. The smallest absolute Gasteiger partial charge is 0.0633 e. The molecule has 112 valence electrons. The van der Waals surface area contributed by atoms with Crippen molar-refractivity contribution in [3.63, 3.8) is 0 Å². The number of likely N-dealkylation sites (N-methyl/N-ethyl adjacent to an activating group) is 1. The number of anilines is 1. The lowest BCUT2D eigenvalue weighted by Crippen LogP contribution is -2.57. The zero-order valence-electron chi connectivity index (χ0n) is 13.0. The van der Waals surface area contributed by atoms with Crippen LogP contribution >= 0.6 is 0 Å². The second-order valence-electron chi connectivity index (χ2n) is 6.16. The van der Waals surface area contributed by atoms with Crippen molar-refractivity contribution in [2.24, 2.45) is 5.92 Å². The van der Waals surface area contributed by atoms with E-state index in [2.05, 4.69) is 55.4 Å². The lowest BCUT2D eigenvalue weighted by atomic mass is 9.92. The van der Waals surface area contributed by atoms with Gasteiger partial charge in [-0.05, 0) is 50.3 Å². The van der Waals surface area contributed by atoms with E-state index in [4.69, 9.17) is 0 Å². The van der Waals surface area contributed by atoms with Gasteiger partial charge in [0.05, 0.1) is 12.1 Å². The Kier molecular flexibility index (Phi) is 5.06. The average molecular weight is 276 g/mol. The molecule has 1 fully saturated rings. The van der Waals surface area contributed by atoms with Crippen LogP contribution in [0.4, 0.5) is 5.69 Å². The second-order valence-corrected chi connectivity index (χ2v) is 6.16. The number of hydrogen-bond acceptors (Lipinski definition) is 3. The third-order valence-corrected chi connectivity index (χ3v) is 4.41. The number of nitrogens with zero attached hydrogens (tertiary/aromatic N) is 1. The summed E-state index contributed by atoms with van der Waals surface area (Å²) >= 11 is 0. The lowest BCUT2D eigenvalue weighted by molar-refractivity contribution is 0.145. The summed E-state index contributed by atoms with van der Waals surface area (Å²) in [5.74, 6) is 0.616. The fraction of sp³-hybridized carbons (Fsp3) is 0.647. The van der Waals surface area contributed by atoms with Crippen LogP contribution in [0, 0.1) is 12.8 Å². The summed E-state index contributed by atoms with van der Waals surface area (Å²) in [5, 5.41) is 13.6. The first kappa shape index (κ1) is 15.3. The number of benzene rings is 1. The van der Waals surface area contributed by atoms with Crippen LogP contribution in [0.2, 0.25) is 0 Å². The van der Waals surface area contributed by atoms with Gasteiger partial charge in [-0.3, -0.25) is 0 Å². The molecule has 1 aromatic carbocycles. The van der Waals surface area contributed by atoms with E-state index < -0.39 is 0 Å². The zero-order valence-corrected chi connectivity index (χ0v) is 13.0. The number of para-hydroxylation sites is 1. The first-order valence-corrected chi connectivity index (χ1v) is 7.75. The normalized spacial score (nSPS) is 17.8. The molecule has 2 rings (SSSR count). The molecular weight excluding hydrogens is 248 g/mol. The highest BCUT2D eigenvalue weighted by molar-refractivity contribution is 5.52. The van der Waals surface area contributed by atoms with Gasteiger partial charge in [-0.25, -0.2) is 0 Å². The van der Waals surface area contributed by atoms with Crippen molar-refractivity contribution < 1.29 is 5.11 Å². The molecule has 20 heavy (non-hydrogen) atoms. The molecule has 0 radical (unpaired) electrons. The first-order chi connectivity index (χ1) is 9.63. The van der Waals surface area contributed by atoms with E-state index in [9.17, 15) is 5.11 Å². The number of rotatable bonds is 8. The quantitative estimate of drug-likeness (QED) is 0.766. The Labute approximate surface area is 123 Å². The van der Waals surface area contributed by atoms with E-state index in [0.29, 0.717) is 5.92 Å². The Balaban J connectivity index is 2.12. The van der Waals surface area contributed by atoms with E-state index in [-0.39, 0.29) is 12.1 Å². The van der Waals surface area contributed by atoms with Crippen LogP contribution in [0.5, 0.6) is 0 Å². The fourth-order valence-electron chi connectivity index (χ4n) is 3.07. The molecule has 3 heteroatoms. The van der Waals surface area contributed by atoms with Gasteiger partial charge in [0.2, 0.25) is 0 Å². The molecule has 1 aliphatic carbocycles. The standard InChI is InChI=1S/C17H28N2O/c1-4-11-18-17(13-20,15-9-10-15)12-19(3)16-8-6-5-7-14(16)2/h5-8,15,18,20H,4,9-13H2,1-3H3. The van der Waals surface area contributed by atoms with Crippen molar-refractivity contribution in [1.29, 1.82) is 0 Å². The Hall–Kier alpha value is -1.06. The lowest BCUT2D eigenvalue weighted by Gasteiger charge is -2.38. The summed E-state index contributed by atoms with van der Waals surface area (Å²) in [5.41, 5.74) is 2.39. The molecule has 0 aromatic heterocycles. The minimum Gasteiger partial charge on any atom is -0.394 e. The van der Waals surface area contributed by atoms with Crippen molar-refractivity contribution in [2.75, 3.05) is 31.6 Å². The highest BCUT2D eigenvalue weighted by Crippen LogP contribution is 2.40. The fourth-order valence-corrected chi connectivity index (χ4v) is 3.07. The Morgan fingerprint density at radius 3 is 2.60 bits per heavy atom. The van der Waals surface area contributed by atoms with E-state index >= 15 is 0 Å². The van der Waals surface area contributed by atoms with E-state index in [0.717, 1.165) is 19.5 Å². The highest BCUT2D eigenvalue weighted by Gasteiger charge is 2.45. The van der Waals surface area contributed by atoms with Gasteiger partial charge in [-0.2, -0.15) is 0 Å². The predicted octanol–water partition coefficient (Wildman–Crippen LogP) is 2.57. The molecule has 0 amide bonds. The topological polar surface area (TPSA) is 35.5 Å². The largest absolute Gasteiger partial charge is 0.394 e. The molecule has 0 spiro atoms. The van der Waals surface area contributed by atoms with Crippen molar-refractivity contribution in [1.82, 2.24) is 5.32 Å². The Morgan fingerprint density at radius 1 is 1.35 bits per heavy atom. The Morgan fingerprint density at radius 2 is 2.05 bits per heavy atom. The van der Waals surface area contributed by atoms with E-state index in [1.165, 1.54) is 24.1 Å². The van der Waals surface area contributed by atoms with Crippen molar-refractivity contribution in [3.05, 3.63) is 29.8 Å². The van der Waals surface area contributed by atoms with Crippen LogP contribution in [-0.4, -0.2) is 37.4 Å². The van der Waals surface area contributed by atoms with Crippen LogP contribution in [-0.2, 0) is 0 Å². The first-order valence-electron chi connectivity index (χ1n) is 7.75. The molecular formula is C17H28N2O. The summed E-state index contributed by atoms with van der Waals surface area (Å²) in [6, 6.07) is 8.45. The van der Waals surface area contributed by atoms with Crippen molar-refractivity contribution in [2.45, 2.75) is 38.6 Å². The van der Waals surface area contributed by atoms with Gasteiger partial charge in [0.1, 0.15) is 0 Å². The zero-order chi connectivity index (χ0) is 14.6.